The molecule has 4 rings (SSSR count). The molecule has 33 heavy (non-hydrogen) atoms. The first kappa shape index (κ1) is 22.7. The minimum atomic E-state index is -3.94. The Labute approximate surface area is 191 Å². The third kappa shape index (κ3) is 4.53. The smallest absolute Gasteiger partial charge is 0.261 e. The van der Waals surface area contributed by atoms with E-state index < -0.39 is 20.0 Å². The molecule has 10 nitrogen and oxygen atoms in total. The van der Waals surface area contributed by atoms with E-state index in [1.165, 1.54) is 43.2 Å². The summed E-state index contributed by atoms with van der Waals surface area (Å²) in [6.45, 7) is 0. The summed E-state index contributed by atoms with van der Waals surface area (Å²) in [5, 5.41) is 8.82. The van der Waals surface area contributed by atoms with Gasteiger partial charge in [-0.15, -0.1) is 10.2 Å². The third-order valence-corrected chi connectivity index (χ3v) is 8.08. The Hall–Kier alpha value is -3.48. The second-order valence-corrected chi connectivity index (χ2v) is 11.1. The number of nitrogens with zero attached hydrogens (tertiary/aromatic N) is 4. The normalized spacial score (nSPS) is 12.2. The van der Waals surface area contributed by atoms with Gasteiger partial charge in [-0.05, 0) is 66.7 Å². The SMILES string of the molecule is COc1ccc(-n2nc3ccc(NS(=O)(=O)c4ccc(S(=O)(=O)N(C)C)cc4)cc3n2)cc1. The van der Waals surface area contributed by atoms with Crippen LogP contribution in [0.2, 0.25) is 0 Å². The highest BCUT2D eigenvalue weighted by atomic mass is 32.2. The lowest BCUT2D eigenvalue weighted by molar-refractivity contribution is 0.414. The zero-order valence-electron chi connectivity index (χ0n) is 18.0. The Kier molecular flexibility index (Phi) is 5.82. The van der Waals surface area contributed by atoms with Gasteiger partial charge in [0.25, 0.3) is 10.0 Å². The highest BCUT2D eigenvalue weighted by Gasteiger charge is 2.20. The zero-order valence-corrected chi connectivity index (χ0v) is 19.6. The van der Waals surface area contributed by atoms with Crippen LogP contribution in [0.5, 0.6) is 5.75 Å². The fourth-order valence-electron chi connectivity index (χ4n) is 3.02. The van der Waals surface area contributed by atoms with Crippen molar-refractivity contribution in [1.29, 1.82) is 0 Å². The van der Waals surface area contributed by atoms with E-state index in [0.717, 1.165) is 9.99 Å². The quantitative estimate of drug-likeness (QED) is 0.425. The number of benzene rings is 3. The number of rotatable bonds is 7. The van der Waals surface area contributed by atoms with Crippen LogP contribution in [-0.2, 0) is 20.0 Å². The van der Waals surface area contributed by atoms with Crippen LogP contribution in [0.1, 0.15) is 0 Å². The number of hydrogen-bond acceptors (Lipinski definition) is 7. The summed E-state index contributed by atoms with van der Waals surface area (Å²) in [6.07, 6.45) is 0. The van der Waals surface area contributed by atoms with Crippen LogP contribution in [0.4, 0.5) is 5.69 Å². The van der Waals surface area contributed by atoms with E-state index in [4.69, 9.17) is 4.74 Å². The van der Waals surface area contributed by atoms with Gasteiger partial charge in [0.2, 0.25) is 10.0 Å². The van der Waals surface area contributed by atoms with E-state index in [9.17, 15) is 16.8 Å². The predicted molar refractivity (Wildman–Crippen MR) is 124 cm³/mol. The van der Waals surface area contributed by atoms with Gasteiger partial charge >= 0.3 is 0 Å². The highest BCUT2D eigenvalue weighted by Crippen LogP contribution is 2.23. The number of aromatic nitrogens is 3. The molecule has 172 valence electrons. The maximum atomic E-state index is 12.8. The van der Waals surface area contributed by atoms with Crippen molar-refractivity contribution in [2.24, 2.45) is 0 Å². The van der Waals surface area contributed by atoms with Gasteiger partial charge in [0.15, 0.2) is 0 Å². The zero-order chi connectivity index (χ0) is 23.8. The van der Waals surface area contributed by atoms with Crippen LogP contribution in [0, 0.1) is 0 Å². The van der Waals surface area contributed by atoms with Gasteiger partial charge in [0.1, 0.15) is 16.8 Å². The summed E-state index contributed by atoms with van der Waals surface area (Å²) in [7, 11) is -3.21. The first-order valence-corrected chi connectivity index (χ1v) is 12.6. The summed E-state index contributed by atoms with van der Waals surface area (Å²) in [5.74, 6) is 0.708. The summed E-state index contributed by atoms with van der Waals surface area (Å²) in [4.78, 5) is 1.39. The van der Waals surface area contributed by atoms with Gasteiger partial charge in [-0.3, -0.25) is 4.72 Å². The lowest BCUT2D eigenvalue weighted by Gasteiger charge is -2.12. The van der Waals surface area contributed by atoms with E-state index in [1.807, 2.05) is 12.1 Å². The van der Waals surface area contributed by atoms with Crippen molar-refractivity contribution in [2.45, 2.75) is 9.79 Å². The van der Waals surface area contributed by atoms with Crippen molar-refractivity contribution in [3.63, 3.8) is 0 Å². The highest BCUT2D eigenvalue weighted by molar-refractivity contribution is 7.92. The van der Waals surface area contributed by atoms with Crippen molar-refractivity contribution in [2.75, 3.05) is 25.9 Å². The Morgan fingerprint density at radius 2 is 1.42 bits per heavy atom. The number of nitrogens with one attached hydrogen (secondary N) is 1. The second kappa shape index (κ2) is 8.46. The first-order valence-electron chi connectivity index (χ1n) is 9.67. The molecule has 0 aliphatic carbocycles. The summed E-state index contributed by atoms with van der Waals surface area (Å²) in [5.41, 5.74) is 2.11. The standard InChI is InChI=1S/C21H21N5O5S2/c1-25(2)33(29,30)19-11-9-18(10-12-19)32(27,28)24-15-4-13-20-21(14-15)23-26(22-20)16-5-7-17(31-3)8-6-16/h4-14,24H,1-3H3. The molecular weight excluding hydrogens is 466 g/mol. The van der Waals surface area contributed by atoms with Gasteiger partial charge in [-0.25, -0.2) is 21.1 Å². The topological polar surface area (TPSA) is 123 Å². The molecule has 1 N–H and O–H groups in total. The molecule has 4 aromatic rings. The molecule has 1 heterocycles. The summed E-state index contributed by atoms with van der Waals surface area (Å²) in [6, 6.07) is 17.0. The molecule has 0 amide bonds. The van der Waals surface area contributed by atoms with Crippen LogP contribution >= 0.6 is 0 Å². The number of sulfonamides is 2. The average Bonchev–Trinajstić information content (AvgIpc) is 3.22. The number of methoxy groups -OCH3 is 1. The second-order valence-electron chi connectivity index (χ2n) is 7.26. The molecule has 3 aromatic carbocycles. The van der Waals surface area contributed by atoms with E-state index in [0.29, 0.717) is 22.5 Å². The number of ether oxygens (including phenoxy) is 1. The maximum Gasteiger partial charge on any atom is 0.261 e. The molecular formula is C21H21N5O5S2. The Balaban J connectivity index is 1.59. The van der Waals surface area contributed by atoms with Gasteiger partial charge in [-0.1, -0.05) is 0 Å². The van der Waals surface area contributed by atoms with E-state index in [-0.39, 0.29) is 9.79 Å². The Morgan fingerprint density at radius 1 is 0.818 bits per heavy atom. The molecule has 0 spiro atoms. The molecule has 0 saturated carbocycles. The Morgan fingerprint density at radius 3 is 2.03 bits per heavy atom. The molecule has 0 aliphatic heterocycles. The number of fused-ring (bicyclic) bond motifs is 1. The first-order chi connectivity index (χ1) is 15.6. The van der Waals surface area contributed by atoms with Crippen molar-refractivity contribution in [1.82, 2.24) is 19.3 Å². The molecule has 0 aliphatic rings. The van der Waals surface area contributed by atoms with Crippen LogP contribution in [-0.4, -0.2) is 57.3 Å². The van der Waals surface area contributed by atoms with Crippen molar-refractivity contribution in [3.05, 3.63) is 66.7 Å². The van der Waals surface area contributed by atoms with Crippen LogP contribution in [0.25, 0.3) is 16.7 Å². The average molecular weight is 488 g/mol. The van der Waals surface area contributed by atoms with E-state index >= 15 is 0 Å². The fourth-order valence-corrected chi connectivity index (χ4v) is 4.98. The molecule has 0 radical (unpaired) electrons. The van der Waals surface area contributed by atoms with Gasteiger partial charge in [-0.2, -0.15) is 4.80 Å². The van der Waals surface area contributed by atoms with Crippen molar-refractivity contribution in [3.8, 4) is 11.4 Å². The molecule has 1 aromatic heterocycles. The third-order valence-electron chi connectivity index (χ3n) is 4.85. The van der Waals surface area contributed by atoms with Crippen molar-refractivity contribution < 1.29 is 21.6 Å². The molecule has 0 saturated heterocycles. The van der Waals surface area contributed by atoms with Gasteiger partial charge in [0.05, 0.1) is 28.3 Å². The molecule has 0 fully saturated rings. The molecule has 0 bridgehead atoms. The molecule has 0 atom stereocenters. The van der Waals surface area contributed by atoms with Gasteiger partial charge in [0, 0.05) is 14.1 Å². The number of hydrogen-bond donors (Lipinski definition) is 1. The number of anilines is 1. The summed E-state index contributed by atoms with van der Waals surface area (Å²) >= 11 is 0. The van der Waals surface area contributed by atoms with Crippen molar-refractivity contribution >= 4 is 36.8 Å². The van der Waals surface area contributed by atoms with Crippen LogP contribution < -0.4 is 9.46 Å². The molecule has 0 unspecified atom stereocenters. The lowest BCUT2D eigenvalue weighted by atomic mass is 10.3. The van der Waals surface area contributed by atoms with E-state index in [2.05, 4.69) is 14.9 Å². The Bertz CT molecular complexity index is 1510. The largest absolute Gasteiger partial charge is 0.497 e. The summed E-state index contributed by atoms with van der Waals surface area (Å²) < 4.78 is 58.7. The minimum absolute atomic E-state index is 0.00279. The van der Waals surface area contributed by atoms with Gasteiger partial charge < -0.3 is 4.74 Å². The lowest BCUT2D eigenvalue weighted by Crippen LogP contribution is -2.22. The molecule has 12 heteroatoms. The van der Waals surface area contributed by atoms with E-state index in [1.54, 1.807) is 37.4 Å². The van der Waals surface area contributed by atoms with Crippen LogP contribution in [0.3, 0.4) is 0 Å². The monoisotopic (exact) mass is 487 g/mol. The van der Waals surface area contributed by atoms with Crippen LogP contribution in [0.15, 0.2) is 76.5 Å². The maximum absolute atomic E-state index is 12.8. The minimum Gasteiger partial charge on any atom is -0.497 e. The predicted octanol–water partition coefficient (Wildman–Crippen LogP) is 2.48. The fraction of sp³-hybridized carbons (Fsp3) is 0.143.